The zero-order valence-electron chi connectivity index (χ0n) is 12.6. The Morgan fingerprint density at radius 3 is 2.52 bits per heavy atom. The summed E-state index contributed by atoms with van der Waals surface area (Å²) in [7, 11) is 3.38. The molecule has 0 spiro atoms. The van der Waals surface area contributed by atoms with E-state index in [0.717, 1.165) is 0 Å². The van der Waals surface area contributed by atoms with E-state index in [1.165, 1.54) is 11.0 Å². The van der Waals surface area contributed by atoms with Gasteiger partial charge in [-0.15, -0.1) is 0 Å². The number of carboxylic acid groups (broad SMARTS) is 1. The summed E-state index contributed by atoms with van der Waals surface area (Å²) in [6, 6.07) is 4.73. The molecule has 0 aliphatic rings. The number of carbonyl (C=O) groups excluding carboxylic acids is 1. The minimum Gasteiger partial charge on any atom is -0.490 e. The third kappa shape index (κ3) is 4.98. The molecule has 0 atom stereocenters. The molecule has 0 unspecified atom stereocenters. The zero-order chi connectivity index (χ0) is 15.8. The van der Waals surface area contributed by atoms with Gasteiger partial charge < -0.3 is 19.5 Å². The van der Waals surface area contributed by atoms with Crippen LogP contribution in [0.4, 0.5) is 0 Å². The highest BCUT2D eigenvalue weighted by Gasteiger charge is 2.16. The Hall–Kier alpha value is -2.24. The largest absolute Gasteiger partial charge is 0.490 e. The second-order valence-electron chi connectivity index (χ2n) is 4.61. The van der Waals surface area contributed by atoms with E-state index in [2.05, 4.69) is 0 Å². The van der Waals surface area contributed by atoms with Crippen molar-refractivity contribution in [2.75, 3.05) is 27.3 Å². The van der Waals surface area contributed by atoms with Gasteiger partial charge in [0.1, 0.15) is 5.56 Å². The number of carbonyl (C=O) groups is 2. The molecule has 1 aromatic carbocycles. The minimum atomic E-state index is -1.07. The van der Waals surface area contributed by atoms with E-state index in [0.29, 0.717) is 25.2 Å². The van der Waals surface area contributed by atoms with Gasteiger partial charge in [0.25, 0.3) is 0 Å². The van der Waals surface area contributed by atoms with Crippen LogP contribution in [-0.2, 0) is 4.79 Å². The van der Waals surface area contributed by atoms with E-state index in [-0.39, 0.29) is 23.8 Å². The van der Waals surface area contributed by atoms with E-state index >= 15 is 0 Å². The molecule has 1 amide bonds. The summed E-state index contributed by atoms with van der Waals surface area (Å²) in [5, 5.41) is 9.18. The lowest BCUT2D eigenvalue weighted by Gasteiger charge is -2.14. The van der Waals surface area contributed by atoms with Crippen molar-refractivity contribution in [2.45, 2.75) is 19.8 Å². The number of hydrogen-bond donors (Lipinski definition) is 1. The summed E-state index contributed by atoms with van der Waals surface area (Å²) in [5.74, 6) is -0.452. The molecule has 0 aliphatic heterocycles. The highest BCUT2D eigenvalue weighted by molar-refractivity contribution is 5.92. The van der Waals surface area contributed by atoms with Gasteiger partial charge in [-0.05, 0) is 25.5 Å². The molecule has 0 radical (unpaired) electrons. The molecular formula is C15H21NO5. The van der Waals surface area contributed by atoms with Crippen LogP contribution in [0.1, 0.15) is 30.1 Å². The van der Waals surface area contributed by atoms with Crippen molar-refractivity contribution >= 4 is 11.9 Å². The first-order valence-electron chi connectivity index (χ1n) is 6.79. The molecule has 0 bridgehead atoms. The number of amides is 1. The third-order valence-electron chi connectivity index (χ3n) is 2.79. The number of nitrogens with zero attached hydrogens (tertiary/aromatic N) is 1. The van der Waals surface area contributed by atoms with Crippen LogP contribution in [0.15, 0.2) is 18.2 Å². The van der Waals surface area contributed by atoms with Crippen molar-refractivity contribution in [1.82, 2.24) is 4.90 Å². The van der Waals surface area contributed by atoms with Crippen molar-refractivity contribution in [3.63, 3.8) is 0 Å². The van der Waals surface area contributed by atoms with Gasteiger partial charge >= 0.3 is 5.97 Å². The fraction of sp³-hybridized carbons (Fsp3) is 0.467. The first-order chi connectivity index (χ1) is 9.97. The van der Waals surface area contributed by atoms with E-state index in [1.54, 1.807) is 26.2 Å². The molecule has 0 fully saturated rings. The normalized spacial score (nSPS) is 10.0. The molecular weight excluding hydrogens is 274 g/mol. The minimum absolute atomic E-state index is 0.00940. The summed E-state index contributed by atoms with van der Waals surface area (Å²) in [6.07, 6.45) is 0.864. The Labute approximate surface area is 124 Å². The number of carboxylic acids is 1. The standard InChI is InChI=1S/C15H21NO5/c1-4-20-12-8-5-7-11(15(18)19)14(12)21-10-6-9-13(17)16(2)3/h5,7-8H,4,6,9-10H2,1-3H3,(H,18,19). The fourth-order valence-corrected chi connectivity index (χ4v) is 1.72. The Balaban J connectivity index is 2.72. The molecule has 0 aliphatic carbocycles. The van der Waals surface area contributed by atoms with Gasteiger partial charge in [0.2, 0.25) is 5.91 Å². The molecule has 0 heterocycles. The van der Waals surface area contributed by atoms with E-state index in [4.69, 9.17) is 9.47 Å². The number of hydrogen-bond acceptors (Lipinski definition) is 4. The van der Waals surface area contributed by atoms with Crippen LogP contribution >= 0.6 is 0 Å². The van der Waals surface area contributed by atoms with Gasteiger partial charge in [-0.25, -0.2) is 4.79 Å². The number of para-hydroxylation sites is 1. The SMILES string of the molecule is CCOc1cccc(C(=O)O)c1OCCCC(=O)N(C)C. The smallest absolute Gasteiger partial charge is 0.339 e. The van der Waals surface area contributed by atoms with E-state index in [1.807, 2.05) is 6.92 Å². The monoisotopic (exact) mass is 295 g/mol. The van der Waals surface area contributed by atoms with Crippen molar-refractivity contribution in [1.29, 1.82) is 0 Å². The van der Waals surface area contributed by atoms with Gasteiger partial charge in [0.15, 0.2) is 11.5 Å². The average molecular weight is 295 g/mol. The molecule has 21 heavy (non-hydrogen) atoms. The zero-order valence-corrected chi connectivity index (χ0v) is 12.6. The van der Waals surface area contributed by atoms with Crippen LogP contribution < -0.4 is 9.47 Å². The summed E-state index contributed by atoms with van der Waals surface area (Å²) < 4.78 is 10.9. The van der Waals surface area contributed by atoms with Gasteiger partial charge in [-0.3, -0.25) is 4.79 Å². The van der Waals surface area contributed by atoms with Gasteiger partial charge in [-0.1, -0.05) is 6.07 Å². The molecule has 1 rings (SSSR count). The fourth-order valence-electron chi connectivity index (χ4n) is 1.72. The molecule has 6 heteroatoms. The molecule has 1 N–H and O–H groups in total. The maximum atomic E-state index is 11.5. The van der Waals surface area contributed by atoms with Crippen molar-refractivity contribution in [3.05, 3.63) is 23.8 Å². The average Bonchev–Trinajstić information content (AvgIpc) is 2.44. The van der Waals surface area contributed by atoms with Gasteiger partial charge in [0, 0.05) is 20.5 Å². The van der Waals surface area contributed by atoms with Crippen molar-refractivity contribution in [3.8, 4) is 11.5 Å². The lowest BCUT2D eigenvalue weighted by atomic mass is 10.2. The maximum Gasteiger partial charge on any atom is 0.339 e. The van der Waals surface area contributed by atoms with Crippen LogP contribution in [0.3, 0.4) is 0 Å². The molecule has 0 aromatic heterocycles. The molecule has 0 saturated carbocycles. The van der Waals surface area contributed by atoms with Crippen molar-refractivity contribution in [2.24, 2.45) is 0 Å². The number of rotatable bonds is 8. The van der Waals surface area contributed by atoms with Crippen LogP contribution in [0.5, 0.6) is 11.5 Å². The Morgan fingerprint density at radius 1 is 1.24 bits per heavy atom. The van der Waals surface area contributed by atoms with Crippen LogP contribution in [0.2, 0.25) is 0 Å². The molecule has 6 nitrogen and oxygen atoms in total. The third-order valence-corrected chi connectivity index (χ3v) is 2.79. The predicted molar refractivity (Wildman–Crippen MR) is 78.0 cm³/mol. The number of aromatic carboxylic acids is 1. The van der Waals surface area contributed by atoms with Gasteiger partial charge in [-0.2, -0.15) is 0 Å². The van der Waals surface area contributed by atoms with E-state index < -0.39 is 5.97 Å². The maximum absolute atomic E-state index is 11.5. The number of ether oxygens (including phenoxy) is 2. The summed E-state index contributed by atoms with van der Waals surface area (Å²) in [5.41, 5.74) is 0.0555. The molecule has 1 aromatic rings. The lowest BCUT2D eigenvalue weighted by molar-refractivity contribution is -0.128. The first-order valence-corrected chi connectivity index (χ1v) is 6.79. The van der Waals surface area contributed by atoms with Crippen LogP contribution in [0, 0.1) is 0 Å². The quantitative estimate of drug-likeness (QED) is 0.743. The summed E-state index contributed by atoms with van der Waals surface area (Å²) in [4.78, 5) is 24.2. The number of benzene rings is 1. The summed E-state index contributed by atoms with van der Waals surface area (Å²) >= 11 is 0. The lowest BCUT2D eigenvalue weighted by Crippen LogP contribution is -2.21. The second-order valence-corrected chi connectivity index (χ2v) is 4.61. The Kier molecular flexibility index (Phi) is 6.52. The van der Waals surface area contributed by atoms with Crippen molar-refractivity contribution < 1.29 is 24.2 Å². The van der Waals surface area contributed by atoms with E-state index in [9.17, 15) is 14.7 Å². The van der Waals surface area contributed by atoms with Crippen LogP contribution in [-0.4, -0.2) is 49.2 Å². The first kappa shape index (κ1) is 16.8. The highest BCUT2D eigenvalue weighted by Crippen LogP contribution is 2.31. The molecule has 0 saturated heterocycles. The van der Waals surface area contributed by atoms with Crippen LogP contribution in [0.25, 0.3) is 0 Å². The summed E-state index contributed by atoms with van der Waals surface area (Å²) in [6.45, 7) is 2.48. The Bertz CT molecular complexity index is 499. The Morgan fingerprint density at radius 2 is 1.95 bits per heavy atom. The van der Waals surface area contributed by atoms with Gasteiger partial charge in [0.05, 0.1) is 13.2 Å². The highest BCUT2D eigenvalue weighted by atomic mass is 16.5. The second kappa shape index (κ2) is 8.14. The predicted octanol–water partition coefficient (Wildman–Crippen LogP) is 2.03. The topological polar surface area (TPSA) is 76.1 Å². The molecule has 116 valence electrons.